The van der Waals surface area contributed by atoms with Gasteiger partial charge in [0.05, 0.1) is 24.3 Å². The predicted octanol–water partition coefficient (Wildman–Crippen LogP) is 6.09. The molecule has 1 fully saturated rings. The number of rotatable bonds is 7. The lowest BCUT2D eigenvalue weighted by Crippen LogP contribution is -2.28. The Morgan fingerprint density at radius 3 is 2.59 bits per heavy atom. The summed E-state index contributed by atoms with van der Waals surface area (Å²) >= 11 is 0. The minimum absolute atomic E-state index is 0.00759. The quantitative estimate of drug-likeness (QED) is 0.446. The van der Waals surface area contributed by atoms with E-state index in [-0.39, 0.29) is 12.2 Å². The molecular formula is C25H28F3N3O3. The Labute approximate surface area is 196 Å². The molecular weight excluding hydrogens is 447 g/mol. The number of aryl methyl sites for hydroxylation is 1. The number of benzene rings is 2. The molecule has 182 valence electrons. The minimum Gasteiger partial charge on any atom is -0.493 e. The zero-order chi connectivity index (χ0) is 24.5. The molecule has 1 aliphatic rings. The van der Waals surface area contributed by atoms with E-state index >= 15 is 0 Å². The van der Waals surface area contributed by atoms with Crippen molar-refractivity contribution in [2.24, 2.45) is 0 Å². The highest BCUT2D eigenvalue weighted by Crippen LogP contribution is 2.37. The van der Waals surface area contributed by atoms with Gasteiger partial charge in [0.2, 0.25) is 0 Å². The van der Waals surface area contributed by atoms with Crippen molar-refractivity contribution in [3.63, 3.8) is 0 Å². The fourth-order valence-electron chi connectivity index (χ4n) is 4.14. The Bertz CT molecular complexity index is 1160. The summed E-state index contributed by atoms with van der Waals surface area (Å²) in [5, 5.41) is 3.93. The van der Waals surface area contributed by atoms with Gasteiger partial charge in [-0.3, -0.25) is 0 Å². The van der Waals surface area contributed by atoms with Crippen LogP contribution in [0.25, 0.3) is 10.9 Å². The molecule has 1 aliphatic heterocycles. The molecule has 1 N–H and O–H groups in total. The molecule has 0 amide bonds. The van der Waals surface area contributed by atoms with Crippen molar-refractivity contribution in [3.8, 4) is 11.5 Å². The second-order valence-electron chi connectivity index (χ2n) is 8.50. The number of aromatic nitrogens is 2. The van der Waals surface area contributed by atoms with E-state index in [2.05, 4.69) is 15.3 Å². The molecule has 0 radical (unpaired) electrons. The second-order valence-corrected chi connectivity index (χ2v) is 8.50. The van der Waals surface area contributed by atoms with Crippen molar-refractivity contribution >= 4 is 16.7 Å². The van der Waals surface area contributed by atoms with Gasteiger partial charge in [0.15, 0.2) is 11.5 Å². The zero-order valence-electron chi connectivity index (χ0n) is 19.6. The fraction of sp³-hybridized carbons (Fsp3) is 0.440. The molecule has 1 aromatic heterocycles. The highest BCUT2D eigenvalue weighted by atomic mass is 19.4. The SMILES string of the molecule is COc1cc2nc(C)nc(N[C@H](C)c3cccc(C(F)(F)F)c3)c2cc1OC(C)[C@H]1CCCO1. The predicted molar refractivity (Wildman–Crippen MR) is 123 cm³/mol. The molecule has 9 heteroatoms. The Balaban J connectivity index is 1.68. The van der Waals surface area contributed by atoms with Gasteiger partial charge in [-0.05, 0) is 57.4 Å². The molecule has 0 saturated carbocycles. The third-order valence-corrected chi connectivity index (χ3v) is 5.96. The maximum absolute atomic E-state index is 13.2. The molecule has 3 atom stereocenters. The maximum Gasteiger partial charge on any atom is 0.416 e. The average molecular weight is 476 g/mol. The molecule has 1 saturated heterocycles. The van der Waals surface area contributed by atoms with Crippen LogP contribution in [0.4, 0.5) is 19.0 Å². The van der Waals surface area contributed by atoms with Gasteiger partial charge in [-0.2, -0.15) is 13.2 Å². The third-order valence-electron chi connectivity index (χ3n) is 5.96. The number of nitrogens with one attached hydrogen (secondary N) is 1. The fourth-order valence-corrected chi connectivity index (χ4v) is 4.14. The molecule has 3 aromatic rings. The lowest BCUT2D eigenvalue weighted by atomic mass is 10.0. The van der Waals surface area contributed by atoms with Gasteiger partial charge in [-0.25, -0.2) is 9.97 Å². The summed E-state index contributed by atoms with van der Waals surface area (Å²) in [4.78, 5) is 9.03. The van der Waals surface area contributed by atoms with E-state index in [9.17, 15) is 13.2 Å². The molecule has 2 heterocycles. The highest BCUT2D eigenvalue weighted by molar-refractivity contribution is 5.92. The van der Waals surface area contributed by atoms with Crippen LogP contribution in [0.15, 0.2) is 36.4 Å². The van der Waals surface area contributed by atoms with Gasteiger partial charge in [0.1, 0.15) is 17.7 Å². The van der Waals surface area contributed by atoms with Crippen molar-refractivity contribution < 1.29 is 27.4 Å². The van der Waals surface area contributed by atoms with Crippen molar-refractivity contribution in [1.82, 2.24) is 9.97 Å². The van der Waals surface area contributed by atoms with E-state index in [0.717, 1.165) is 31.6 Å². The van der Waals surface area contributed by atoms with Gasteiger partial charge in [-0.15, -0.1) is 0 Å². The van der Waals surface area contributed by atoms with Crippen LogP contribution in [0.1, 0.15) is 49.7 Å². The van der Waals surface area contributed by atoms with Gasteiger partial charge >= 0.3 is 6.18 Å². The molecule has 0 spiro atoms. The summed E-state index contributed by atoms with van der Waals surface area (Å²) < 4.78 is 57.0. The number of hydrogen-bond donors (Lipinski definition) is 1. The molecule has 2 aromatic carbocycles. The number of fused-ring (bicyclic) bond motifs is 1. The van der Waals surface area contributed by atoms with E-state index in [4.69, 9.17) is 14.2 Å². The first-order valence-corrected chi connectivity index (χ1v) is 11.2. The van der Waals surface area contributed by atoms with Crippen LogP contribution in [0.3, 0.4) is 0 Å². The summed E-state index contributed by atoms with van der Waals surface area (Å²) in [7, 11) is 1.56. The average Bonchev–Trinajstić information content (AvgIpc) is 3.33. The molecule has 4 rings (SSSR count). The van der Waals surface area contributed by atoms with Crippen molar-refractivity contribution in [3.05, 3.63) is 53.3 Å². The number of alkyl halides is 3. The summed E-state index contributed by atoms with van der Waals surface area (Å²) in [6.07, 6.45) is -2.65. The number of anilines is 1. The normalized spacial score (nSPS) is 18.0. The van der Waals surface area contributed by atoms with Crippen molar-refractivity contribution in [1.29, 1.82) is 0 Å². The Morgan fingerprint density at radius 2 is 1.91 bits per heavy atom. The topological polar surface area (TPSA) is 65.5 Å². The molecule has 0 aliphatic carbocycles. The summed E-state index contributed by atoms with van der Waals surface area (Å²) in [5.41, 5.74) is 0.447. The minimum atomic E-state index is -4.41. The van der Waals surface area contributed by atoms with Crippen molar-refractivity contribution in [2.75, 3.05) is 19.0 Å². The first kappa shape index (κ1) is 24.1. The van der Waals surface area contributed by atoms with E-state index in [1.165, 1.54) is 6.07 Å². The summed E-state index contributed by atoms with van der Waals surface area (Å²) in [5.74, 6) is 2.09. The van der Waals surface area contributed by atoms with E-state index in [0.29, 0.717) is 39.6 Å². The number of halogens is 3. The molecule has 0 bridgehead atoms. The number of methoxy groups -OCH3 is 1. The number of ether oxygens (including phenoxy) is 3. The second kappa shape index (κ2) is 9.66. The first-order valence-electron chi connectivity index (χ1n) is 11.2. The zero-order valence-corrected chi connectivity index (χ0v) is 19.6. The lowest BCUT2D eigenvalue weighted by Gasteiger charge is -2.23. The Kier molecular flexibility index (Phi) is 6.84. The van der Waals surface area contributed by atoms with Crippen LogP contribution in [0, 0.1) is 6.92 Å². The van der Waals surface area contributed by atoms with Crippen LogP contribution in [0.2, 0.25) is 0 Å². The van der Waals surface area contributed by atoms with Gasteiger partial charge in [0, 0.05) is 24.1 Å². The maximum atomic E-state index is 13.2. The lowest BCUT2D eigenvalue weighted by molar-refractivity contribution is -0.137. The largest absolute Gasteiger partial charge is 0.493 e. The van der Waals surface area contributed by atoms with Crippen LogP contribution in [-0.4, -0.2) is 35.9 Å². The van der Waals surface area contributed by atoms with E-state index < -0.39 is 17.8 Å². The Hall–Kier alpha value is -3.07. The van der Waals surface area contributed by atoms with E-state index in [1.807, 2.05) is 6.92 Å². The highest BCUT2D eigenvalue weighted by Gasteiger charge is 2.31. The van der Waals surface area contributed by atoms with Crippen LogP contribution >= 0.6 is 0 Å². The molecule has 6 nitrogen and oxygen atoms in total. The number of nitrogens with zero attached hydrogens (tertiary/aromatic N) is 2. The first-order chi connectivity index (χ1) is 16.2. The standard InChI is InChI=1S/C25H28F3N3O3/c1-14(17-7-5-8-18(11-17)25(26,27)28)29-24-19-12-23(34-15(2)21-9-6-10-33-21)22(32-4)13-20(19)30-16(3)31-24/h5,7-8,11-15,21H,6,9-10H2,1-4H3,(H,29,30,31)/t14-,15?,21-/m1/s1. The summed E-state index contributed by atoms with van der Waals surface area (Å²) in [6, 6.07) is 8.42. The Morgan fingerprint density at radius 1 is 1.12 bits per heavy atom. The van der Waals surface area contributed by atoms with Crippen LogP contribution in [0.5, 0.6) is 11.5 Å². The van der Waals surface area contributed by atoms with Crippen LogP contribution in [-0.2, 0) is 10.9 Å². The van der Waals surface area contributed by atoms with Gasteiger partial charge < -0.3 is 19.5 Å². The summed E-state index contributed by atoms with van der Waals surface area (Å²) in [6.45, 7) is 6.23. The van der Waals surface area contributed by atoms with Crippen molar-refractivity contribution in [2.45, 2.75) is 58.0 Å². The van der Waals surface area contributed by atoms with Gasteiger partial charge in [-0.1, -0.05) is 12.1 Å². The molecule has 34 heavy (non-hydrogen) atoms. The van der Waals surface area contributed by atoms with Crippen LogP contribution < -0.4 is 14.8 Å². The number of hydrogen-bond acceptors (Lipinski definition) is 6. The van der Waals surface area contributed by atoms with Gasteiger partial charge in [0.25, 0.3) is 0 Å². The van der Waals surface area contributed by atoms with E-state index in [1.54, 1.807) is 39.2 Å². The monoisotopic (exact) mass is 475 g/mol. The molecule has 1 unspecified atom stereocenters. The third kappa shape index (κ3) is 5.19. The smallest absolute Gasteiger partial charge is 0.416 e.